The van der Waals surface area contributed by atoms with Crippen LogP contribution < -0.4 is 0 Å². The summed E-state index contributed by atoms with van der Waals surface area (Å²) in [5, 5.41) is 7.01. The maximum Gasteiger partial charge on any atom is 0.274 e. The number of hydrogen-bond donors (Lipinski definition) is 0. The molecule has 0 aliphatic carbocycles. The molecule has 3 aromatic rings. The van der Waals surface area contributed by atoms with Crippen LogP contribution in [0, 0.1) is 5.82 Å². The van der Waals surface area contributed by atoms with Crippen LogP contribution in [-0.2, 0) is 7.05 Å². The molecule has 5 heteroatoms. The van der Waals surface area contributed by atoms with Crippen molar-refractivity contribution in [1.29, 1.82) is 0 Å². The van der Waals surface area contributed by atoms with Gasteiger partial charge in [-0.1, -0.05) is 12.1 Å². The van der Waals surface area contributed by atoms with Crippen molar-refractivity contribution in [3.8, 4) is 0 Å². The fourth-order valence-corrected chi connectivity index (χ4v) is 3.04. The second kappa shape index (κ2) is 5.60. The Labute approximate surface area is 138 Å². The van der Waals surface area contributed by atoms with Gasteiger partial charge >= 0.3 is 0 Å². The van der Waals surface area contributed by atoms with Gasteiger partial charge in [-0.2, -0.15) is 5.10 Å². The number of hydrazone groups is 1. The van der Waals surface area contributed by atoms with Gasteiger partial charge in [0.1, 0.15) is 5.82 Å². The Hall–Kier alpha value is -2.95. The van der Waals surface area contributed by atoms with E-state index in [1.54, 1.807) is 6.07 Å². The second-order valence-electron chi connectivity index (χ2n) is 5.94. The van der Waals surface area contributed by atoms with E-state index < -0.39 is 5.82 Å². The minimum Gasteiger partial charge on any atom is -0.351 e. The van der Waals surface area contributed by atoms with E-state index in [4.69, 9.17) is 0 Å². The summed E-state index contributed by atoms with van der Waals surface area (Å²) in [5.41, 5.74) is 3.37. The number of fused-ring (bicyclic) bond motifs is 1. The molecule has 1 aliphatic heterocycles. The number of amides is 1. The summed E-state index contributed by atoms with van der Waals surface area (Å²) in [6.07, 6.45) is 2.71. The van der Waals surface area contributed by atoms with Gasteiger partial charge < -0.3 is 4.57 Å². The third-order valence-corrected chi connectivity index (χ3v) is 4.33. The summed E-state index contributed by atoms with van der Waals surface area (Å²) < 4.78 is 15.4. The van der Waals surface area contributed by atoms with E-state index in [9.17, 15) is 9.18 Å². The van der Waals surface area contributed by atoms with Gasteiger partial charge in [-0.15, -0.1) is 0 Å². The smallest absolute Gasteiger partial charge is 0.274 e. The molecule has 2 aromatic carbocycles. The van der Waals surface area contributed by atoms with Gasteiger partial charge in [-0.3, -0.25) is 4.79 Å². The molecular weight excluding hydrogens is 305 g/mol. The van der Waals surface area contributed by atoms with Crippen molar-refractivity contribution in [1.82, 2.24) is 9.58 Å². The summed E-state index contributed by atoms with van der Waals surface area (Å²) in [4.78, 5) is 12.4. The molecule has 1 aromatic heterocycles. The monoisotopic (exact) mass is 321 g/mol. The molecule has 0 bridgehead atoms. The summed E-state index contributed by atoms with van der Waals surface area (Å²) >= 11 is 0. The first kappa shape index (κ1) is 14.6. The largest absolute Gasteiger partial charge is 0.351 e. The van der Waals surface area contributed by atoms with Crippen LogP contribution in [0.5, 0.6) is 0 Å². The lowest BCUT2D eigenvalue weighted by molar-refractivity contribution is 0.0778. The highest BCUT2D eigenvalue weighted by atomic mass is 19.1. The van der Waals surface area contributed by atoms with Crippen molar-refractivity contribution < 1.29 is 9.18 Å². The van der Waals surface area contributed by atoms with Gasteiger partial charge in [0.2, 0.25) is 0 Å². The molecule has 0 saturated carbocycles. The van der Waals surface area contributed by atoms with E-state index in [0.717, 1.165) is 22.2 Å². The fraction of sp³-hybridized carbons (Fsp3) is 0.158. The molecule has 24 heavy (non-hydrogen) atoms. The molecule has 0 saturated heterocycles. The van der Waals surface area contributed by atoms with Crippen molar-refractivity contribution in [2.45, 2.75) is 6.42 Å². The van der Waals surface area contributed by atoms with Crippen molar-refractivity contribution >= 4 is 22.5 Å². The number of nitrogens with zero attached hydrogens (tertiary/aromatic N) is 3. The number of carbonyl (C=O) groups is 1. The quantitative estimate of drug-likeness (QED) is 0.711. The molecular formula is C19H16FN3O. The van der Waals surface area contributed by atoms with Crippen LogP contribution in [-0.4, -0.2) is 27.7 Å². The van der Waals surface area contributed by atoms with E-state index in [1.807, 2.05) is 19.3 Å². The Bertz CT molecular complexity index is 974. The normalized spacial score (nSPS) is 14.2. The molecule has 4 nitrogen and oxygen atoms in total. The van der Waals surface area contributed by atoms with Crippen LogP contribution in [0.25, 0.3) is 10.9 Å². The lowest BCUT2D eigenvalue weighted by Gasteiger charge is -2.11. The predicted octanol–water partition coefficient (Wildman–Crippen LogP) is 3.57. The van der Waals surface area contributed by atoms with Crippen molar-refractivity contribution in [2.75, 3.05) is 6.54 Å². The van der Waals surface area contributed by atoms with Crippen LogP contribution in [0.4, 0.5) is 4.39 Å². The minimum absolute atomic E-state index is 0.273. The number of rotatable bonds is 2. The zero-order valence-electron chi connectivity index (χ0n) is 13.2. The van der Waals surface area contributed by atoms with E-state index in [-0.39, 0.29) is 5.91 Å². The van der Waals surface area contributed by atoms with E-state index in [1.165, 1.54) is 23.2 Å². The van der Waals surface area contributed by atoms with Gasteiger partial charge in [-0.05, 0) is 42.0 Å². The van der Waals surface area contributed by atoms with Crippen LogP contribution in [0.2, 0.25) is 0 Å². The standard InChI is InChI=1S/C19H16FN3O/c1-22-9-7-14-11-13(5-6-18(14)22)17-8-10-23(21-17)19(24)15-3-2-4-16(20)12-15/h2-7,9,11-12H,8,10H2,1H3. The third-order valence-electron chi connectivity index (χ3n) is 4.33. The van der Waals surface area contributed by atoms with Gasteiger partial charge in [0.15, 0.2) is 0 Å². The number of aryl methyl sites for hydroxylation is 1. The van der Waals surface area contributed by atoms with Crippen LogP contribution in [0.15, 0.2) is 59.8 Å². The first-order chi connectivity index (χ1) is 11.6. The van der Waals surface area contributed by atoms with Crippen molar-refractivity contribution in [3.05, 3.63) is 71.7 Å². The van der Waals surface area contributed by atoms with Crippen molar-refractivity contribution in [3.63, 3.8) is 0 Å². The number of carbonyl (C=O) groups excluding carboxylic acids is 1. The average Bonchev–Trinajstić information content (AvgIpc) is 3.21. The highest BCUT2D eigenvalue weighted by molar-refractivity contribution is 6.06. The maximum absolute atomic E-state index is 13.3. The van der Waals surface area contributed by atoms with Crippen LogP contribution >= 0.6 is 0 Å². The Balaban J connectivity index is 1.62. The number of hydrogen-bond acceptors (Lipinski definition) is 2. The molecule has 0 radical (unpaired) electrons. The zero-order chi connectivity index (χ0) is 16.7. The van der Waals surface area contributed by atoms with E-state index in [0.29, 0.717) is 18.5 Å². The molecule has 0 N–H and O–H groups in total. The van der Waals surface area contributed by atoms with Gasteiger partial charge in [-0.25, -0.2) is 9.40 Å². The highest BCUT2D eigenvalue weighted by Crippen LogP contribution is 2.21. The Morgan fingerprint density at radius 1 is 1.17 bits per heavy atom. The lowest BCUT2D eigenvalue weighted by Crippen LogP contribution is -2.23. The Kier molecular flexibility index (Phi) is 3.41. The van der Waals surface area contributed by atoms with Gasteiger partial charge in [0.25, 0.3) is 5.91 Å². The predicted molar refractivity (Wildman–Crippen MR) is 91.5 cm³/mol. The maximum atomic E-state index is 13.3. The molecule has 1 amide bonds. The summed E-state index contributed by atoms with van der Waals surface area (Å²) in [5.74, 6) is -0.691. The molecule has 4 rings (SSSR count). The molecule has 120 valence electrons. The number of halogens is 1. The van der Waals surface area contributed by atoms with Crippen LogP contribution in [0.1, 0.15) is 22.3 Å². The molecule has 1 aliphatic rings. The van der Waals surface area contributed by atoms with E-state index >= 15 is 0 Å². The number of aromatic nitrogens is 1. The number of benzene rings is 2. The topological polar surface area (TPSA) is 37.6 Å². The van der Waals surface area contributed by atoms with Crippen LogP contribution in [0.3, 0.4) is 0 Å². The van der Waals surface area contributed by atoms with Crippen molar-refractivity contribution in [2.24, 2.45) is 12.1 Å². The van der Waals surface area contributed by atoms with Gasteiger partial charge in [0, 0.05) is 36.1 Å². The van der Waals surface area contributed by atoms with Gasteiger partial charge in [0.05, 0.1) is 12.3 Å². The van der Waals surface area contributed by atoms with E-state index in [2.05, 4.69) is 27.9 Å². The molecule has 0 unspecified atom stereocenters. The molecule has 0 atom stereocenters. The molecule has 2 heterocycles. The summed E-state index contributed by atoms with van der Waals surface area (Å²) in [6.45, 7) is 0.511. The Morgan fingerprint density at radius 2 is 2.04 bits per heavy atom. The second-order valence-corrected chi connectivity index (χ2v) is 5.94. The molecule has 0 fully saturated rings. The Morgan fingerprint density at radius 3 is 2.88 bits per heavy atom. The first-order valence-corrected chi connectivity index (χ1v) is 7.82. The first-order valence-electron chi connectivity index (χ1n) is 7.82. The highest BCUT2D eigenvalue weighted by Gasteiger charge is 2.23. The fourth-order valence-electron chi connectivity index (χ4n) is 3.04. The minimum atomic E-state index is -0.418. The average molecular weight is 321 g/mol. The zero-order valence-corrected chi connectivity index (χ0v) is 13.2. The third kappa shape index (κ3) is 2.48. The molecule has 0 spiro atoms. The SMILES string of the molecule is Cn1ccc2cc(C3=NN(C(=O)c4cccc(F)c4)CC3)ccc21. The summed E-state index contributed by atoms with van der Waals surface area (Å²) in [6, 6.07) is 13.9. The summed E-state index contributed by atoms with van der Waals surface area (Å²) in [7, 11) is 2.01. The lowest BCUT2D eigenvalue weighted by atomic mass is 10.1.